The zero-order valence-corrected chi connectivity index (χ0v) is 15.2. The number of benzene rings is 2. The van der Waals surface area contributed by atoms with Gasteiger partial charge in [0.1, 0.15) is 6.10 Å². The van der Waals surface area contributed by atoms with Crippen molar-refractivity contribution in [2.45, 2.75) is 12.6 Å². The van der Waals surface area contributed by atoms with Crippen LogP contribution in [0, 0.1) is 0 Å². The molecule has 0 aliphatic carbocycles. The first kappa shape index (κ1) is 17.8. The third-order valence-electron chi connectivity index (χ3n) is 3.58. The van der Waals surface area contributed by atoms with E-state index in [1.807, 2.05) is 16.7 Å². The molecule has 0 fully saturated rings. The summed E-state index contributed by atoms with van der Waals surface area (Å²) in [7, 11) is 0. The number of halogens is 3. The third-order valence-corrected chi connectivity index (χ3v) is 4.38. The Balaban J connectivity index is 1.86. The monoisotopic (exact) mass is 394 g/mol. The van der Waals surface area contributed by atoms with Crippen molar-refractivity contribution >= 4 is 40.8 Å². The van der Waals surface area contributed by atoms with Gasteiger partial charge in [0.2, 0.25) is 0 Å². The summed E-state index contributed by atoms with van der Waals surface area (Å²) in [6, 6.07) is 11.8. The molecule has 0 bridgehead atoms. The largest absolute Gasteiger partial charge is 0.452 e. The van der Waals surface area contributed by atoms with Crippen LogP contribution >= 0.6 is 34.8 Å². The molecule has 1 aromatic heterocycles. The maximum absolute atomic E-state index is 12.6. The van der Waals surface area contributed by atoms with Crippen molar-refractivity contribution in [2.24, 2.45) is 0 Å². The zero-order valence-electron chi connectivity index (χ0n) is 12.9. The number of hydrogen-bond donors (Lipinski definition) is 0. The van der Waals surface area contributed by atoms with Gasteiger partial charge in [-0.3, -0.25) is 0 Å². The SMILES string of the molecule is O=C(OC(Cn1ccnc1)c1ccc(Cl)cc1)c1ccc(Cl)cc1Cl. The van der Waals surface area contributed by atoms with Gasteiger partial charge in [-0.25, -0.2) is 9.78 Å². The molecule has 2 aromatic carbocycles. The molecule has 128 valence electrons. The average molecular weight is 396 g/mol. The van der Waals surface area contributed by atoms with Crippen molar-refractivity contribution in [2.75, 3.05) is 0 Å². The first-order valence-corrected chi connectivity index (χ1v) is 8.53. The third kappa shape index (κ3) is 4.54. The van der Waals surface area contributed by atoms with E-state index < -0.39 is 12.1 Å². The lowest BCUT2D eigenvalue weighted by molar-refractivity contribution is 0.0255. The van der Waals surface area contributed by atoms with Gasteiger partial charge in [0.05, 0.1) is 23.5 Å². The number of rotatable bonds is 5. The molecule has 0 saturated carbocycles. The molecule has 0 aliphatic heterocycles. The van der Waals surface area contributed by atoms with Gasteiger partial charge in [-0.2, -0.15) is 0 Å². The van der Waals surface area contributed by atoms with Crippen LogP contribution in [0.2, 0.25) is 15.1 Å². The van der Waals surface area contributed by atoms with Crippen molar-refractivity contribution in [1.29, 1.82) is 0 Å². The molecule has 0 N–H and O–H groups in total. The van der Waals surface area contributed by atoms with Crippen LogP contribution in [0.15, 0.2) is 61.2 Å². The molecule has 0 aliphatic rings. The van der Waals surface area contributed by atoms with Crippen LogP contribution in [0.5, 0.6) is 0 Å². The Bertz CT molecular complexity index is 865. The van der Waals surface area contributed by atoms with Gasteiger partial charge in [-0.1, -0.05) is 46.9 Å². The highest BCUT2D eigenvalue weighted by Gasteiger charge is 2.20. The van der Waals surface area contributed by atoms with Crippen LogP contribution in [0.25, 0.3) is 0 Å². The molecule has 4 nitrogen and oxygen atoms in total. The maximum atomic E-state index is 12.6. The molecular formula is C18H13Cl3N2O2. The van der Waals surface area contributed by atoms with Crippen LogP contribution in [0.3, 0.4) is 0 Å². The molecule has 3 aromatic rings. The Morgan fingerprint density at radius 1 is 1.08 bits per heavy atom. The number of imidazole rings is 1. The molecule has 0 spiro atoms. The van der Waals surface area contributed by atoms with Crippen molar-refractivity contribution in [3.63, 3.8) is 0 Å². The van der Waals surface area contributed by atoms with E-state index >= 15 is 0 Å². The summed E-state index contributed by atoms with van der Waals surface area (Å²) in [5.74, 6) is -0.526. The van der Waals surface area contributed by atoms with Gasteiger partial charge in [-0.15, -0.1) is 0 Å². The summed E-state index contributed by atoms with van der Waals surface area (Å²) in [5.41, 5.74) is 1.08. The molecule has 1 atom stereocenters. The molecule has 0 saturated heterocycles. The van der Waals surface area contributed by atoms with Crippen molar-refractivity contribution in [1.82, 2.24) is 9.55 Å². The molecule has 1 unspecified atom stereocenters. The number of ether oxygens (including phenoxy) is 1. The second-order valence-corrected chi connectivity index (χ2v) is 6.61. The quantitative estimate of drug-likeness (QED) is 0.540. The van der Waals surface area contributed by atoms with Crippen LogP contribution in [-0.2, 0) is 11.3 Å². The van der Waals surface area contributed by atoms with Crippen LogP contribution in [0.1, 0.15) is 22.0 Å². The van der Waals surface area contributed by atoms with Gasteiger partial charge in [-0.05, 0) is 35.9 Å². The Morgan fingerprint density at radius 3 is 2.44 bits per heavy atom. The predicted molar refractivity (Wildman–Crippen MR) is 98.3 cm³/mol. The number of aromatic nitrogens is 2. The lowest BCUT2D eigenvalue weighted by Gasteiger charge is -2.19. The highest BCUT2D eigenvalue weighted by atomic mass is 35.5. The summed E-state index contributed by atoms with van der Waals surface area (Å²) in [6.07, 6.45) is 4.60. The van der Waals surface area contributed by atoms with Gasteiger partial charge in [0.25, 0.3) is 0 Å². The summed E-state index contributed by atoms with van der Waals surface area (Å²) in [6.45, 7) is 0.415. The van der Waals surface area contributed by atoms with Gasteiger partial charge in [0.15, 0.2) is 0 Å². The number of nitrogens with zero attached hydrogens (tertiary/aromatic N) is 2. The smallest absolute Gasteiger partial charge is 0.340 e. The second kappa shape index (κ2) is 7.91. The number of esters is 1. The summed E-state index contributed by atoms with van der Waals surface area (Å²) >= 11 is 17.9. The molecule has 3 rings (SSSR count). The summed E-state index contributed by atoms with van der Waals surface area (Å²) in [5, 5.41) is 1.31. The maximum Gasteiger partial charge on any atom is 0.340 e. The Labute approximate surface area is 159 Å². The fourth-order valence-electron chi connectivity index (χ4n) is 2.32. The highest BCUT2D eigenvalue weighted by molar-refractivity contribution is 6.36. The van der Waals surface area contributed by atoms with Crippen LogP contribution in [-0.4, -0.2) is 15.5 Å². The Morgan fingerprint density at radius 2 is 1.80 bits per heavy atom. The first-order valence-electron chi connectivity index (χ1n) is 7.40. The highest BCUT2D eigenvalue weighted by Crippen LogP contribution is 2.26. The Kier molecular flexibility index (Phi) is 5.63. The van der Waals surface area contributed by atoms with E-state index in [0.29, 0.717) is 16.6 Å². The van der Waals surface area contributed by atoms with Crippen molar-refractivity contribution < 1.29 is 9.53 Å². The van der Waals surface area contributed by atoms with Crippen molar-refractivity contribution in [3.8, 4) is 0 Å². The van der Waals surface area contributed by atoms with Gasteiger partial charge >= 0.3 is 5.97 Å². The zero-order chi connectivity index (χ0) is 17.8. The minimum atomic E-state index is -0.526. The lowest BCUT2D eigenvalue weighted by atomic mass is 10.1. The summed E-state index contributed by atoms with van der Waals surface area (Å²) in [4.78, 5) is 16.6. The van der Waals surface area contributed by atoms with Crippen molar-refractivity contribution in [3.05, 3.63) is 87.4 Å². The predicted octanol–water partition coefficient (Wildman–Crippen LogP) is 5.44. The molecule has 1 heterocycles. The normalized spacial score (nSPS) is 12.0. The average Bonchev–Trinajstić information content (AvgIpc) is 3.08. The van der Waals surface area contributed by atoms with E-state index in [1.54, 1.807) is 43.0 Å². The summed E-state index contributed by atoms with van der Waals surface area (Å²) < 4.78 is 7.53. The molecule has 7 heteroatoms. The lowest BCUT2D eigenvalue weighted by Crippen LogP contribution is -2.17. The van der Waals surface area contributed by atoms with E-state index in [0.717, 1.165) is 5.56 Å². The van der Waals surface area contributed by atoms with E-state index in [-0.39, 0.29) is 10.6 Å². The molecule has 0 amide bonds. The number of carbonyl (C=O) groups excluding carboxylic acids is 1. The number of carbonyl (C=O) groups is 1. The standard InChI is InChI=1S/C18H13Cl3N2O2/c19-13-3-1-12(2-4-13)17(10-23-8-7-22-11-23)25-18(24)15-6-5-14(20)9-16(15)21/h1-9,11,17H,10H2. The molecule has 0 radical (unpaired) electrons. The Hall–Kier alpha value is -2.01. The van der Waals surface area contributed by atoms with Crippen LogP contribution in [0.4, 0.5) is 0 Å². The second-order valence-electron chi connectivity index (χ2n) is 5.33. The van der Waals surface area contributed by atoms with Gasteiger partial charge in [0, 0.05) is 22.4 Å². The molecule has 25 heavy (non-hydrogen) atoms. The van der Waals surface area contributed by atoms with E-state index in [4.69, 9.17) is 39.5 Å². The van der Waals surface area contributed by atoms with E-state index in [1.165, 1.54) is 6.07 Å². The minimum absolute atomic E-state index is 0.245. The molecular weight excluding hydrogens is 383 g/mol. The number of hydrogen-bond acceptors (Lipinski definition) is 3. The van der Waals surface area contributed by atoms with Crippen LogP contribution < -0.4 is 0 Å². The first-order chi connectivity index (χ1) is 12.0. The fraction of sp³-hybridized carbons (Fsp3) is 0.111. The fourth-order valence-corrected chi connectivity index (χ4v) is 2.93. The topological polar surface area (TPSA) is 44.1 Å². The minimum Gasteiger partial charge on any atom is -0.452 e. The van der Waals surface area contributed by atoms with E-state index in [9.17, 15) is 4.79 Å². The van der Waals surface area contributed by atoms with E-state index in [2.05, 4.69) is 4.98 Å². The van der Waals surface area contributed by atoms with Gasteiger partial charge < -0.3 is 9.30 Å².